The first kappa shape index (κ1) is 15.4. The summed E-state index contributed by atoms with van der Waals surface area (Å²) >= 11 is 0. The van der Waals surface area contributed by atoms with Crippen molar-refractivity contribution < 1.29 is 15.1 Å². The maximum absolute atomic E-state index is 7.17. The van der Waals surface area contributed by atoms with Crippen molar-refractivity contribution in [3.8, 4) is 11.1 Å². The van der Waals surface area contributed by atoms with Crippen LogP contribution in [0, 0.1) is 0 Å². The van der Waals surface area contributed by atoms with Crippen molar-refractivity contribution in [3.63, 3.8) is 0 Å². The fraction of sp³-hybridized carbons (Fsp3) is 0.0769. The summed E-state index contributed by atoms with van der Waals surface area (Å²) in [7, 11) is -2.17. The molecule has 0 aliphatic rings. The van der Waals surface area contributed by atoms with Gasteiger partial charge in [0.2, 0.25) is 0 Å². The van der Waals surface area contributed by atoms with Crippen LogP contribution in [0.2, 0.25) is 0 Å². The highest BCUT2D eigenvalue weighted by atomic mass is 16.5. The molecule has 3 N–H and O–H groups in total. The van der Waals surface area contributed by atoms with Gasteiger partial charge < -0.3 is 15.1 Å². The van der Waals surface area contributed by atoms with Crippen LogP contribution in [0.15, 0.2) is 60.7 Å². The molecule has 0 spiro atoms. The minimum absolute atomic E-state index is 0. The van der Waals surface area contributed by atoms with Gasteiger partial charge >= 0.3 is 7.32 Å². The predicted octanol–water partition coefficient (Wildman–Crippen LogP) is 1.94. The van der Waals surface area contributed by atoms with E-state index in [-0.39, 0.29) is 7.43 Å². The molecule has 2 aromatic rings. The number of benzene rings is 2. The summed E-state index contributed by atoms with van der Waals surface area (Å²) in [6.45, 7) is 0. The topological polar surface area (TPSA) is 60.7 Å². The lowest BCUT2D eigenvalue weighted by Gasteiger charge is -1.98. The average molecular weight is 232 g/mol. The molecule has 0 unspecified atom stereocenters. The molecule has 0 saturated heterocycles. The Kier molecular flexibility index (Phi) is 7.72. The van der Waals surface area contributed by atoms with Crippen molar-refractivity contribution in [1.29, 1.82) is 0 Å². The Labute approximate surface area is 102 Å². The van der Waals surface area contributed by atoms with Gasteiger partial charge in [-0.05, 0) is 11.1 Å². The number of hydrogen-bond donors (Lipinski definition) is 3. The lowest BCUT2D eigenvalue weighted by Crippen LogP contribution is -2.07. The summed E-state index contributed by atoms with van der Waals surface area (Å²) in [6.07, 6.45) is 0. The molecule has 0 aliphatic carbocycles. The molecule has 3 nitrogen and oxygen atoms in total. The van der Waals surface area contributed by atoms with Gasteiger partial charge in [-0.1, -0.05) is 68.1 Å². The monoisotopic (exact) mass is 232 g/mol. The van der Waals surface area contributed by atoms with Gasteiger partial charge in [-0.25, -0.2) is 0 Å². The summed E-state index contributed by atoms with van der Waals surface area (Å²) in [5.41, 5.74) is 2.55. The highest BCUT2D eigenvalue weighted by Crippen LogP contribution is 2.17. The molecule has 0 amide bonds. The zero-order valence-electron chi connectivity index (χ0n) is 8.69. The van der Waals surface area contributed by atoms with Crippen LogP contribution in [0.25, 0.3) is 11.1 Å². The van der Waals surface area contributed by atoms with Crippen LogP contribution in [0.1, 0.15) is 7.43 Å². The van der Waals surface area contributed by atoms with E-state index in [2.05, 4.69) is 48.5 Å². The van der Waals surface area contributed by atoms with Gasteiger partial charge in [0.25, 0.3) is 0 Å². The third kappa shape index (κ3) is 6.53. The minimum atomic E-state index is -2.17. The highest BCUT2D eigenvalue weighted by molar-refractivity contribution is 6.30. The van der Waals surface area contributed by atoms with E-state index in [0.717, 1.165) is 0 Å². The first-order chi connectivity index (χ1) is 7.70. The van der Waals surface area contributed by atoms with E-state index in [1.54, 1.807) is 0 Å². The van der Waals surface area contributed by atoms with E-state index >= 15 is 0 Å². The molecule has 0 heterocycles. The Bertz CT molecular complexity index is 350. The molecular weight excluding hydrogens is 215 g/mol. The van der Waals surface area contributed by atoms with E-state index in [4.69, 9.17) is 15.1 Å². The molecule has 4 heteroatoms. The van der Waals surface area contributed by atoms with Crippen LogP contribution in [0.3, 0.4) is 0 Å². The molecule has 2 aromatic carbocycles. The van der Waals surface area contributed by atoms with E-state index in [1.165, 1.54) is 11.1 Å². The molecule has 0 bridgehead atoms. The van der Waals surface area contributed by atoms with Crippen molar-refractivity contribution in [2.45, 2.75) is 7.43 Å². The third-order valence-corrected chi connectivity index (χ3v) is 1.88. The second kappa shape index (κ2) is 8.53. The summed E-state index contributed by atoms with van der Waals surface area (Å²) in [6, 6.07) is 20.8. The summed E-state index contributed by atoms with van der Waals surface area (Å²) in [5, 5.41) is 21.5. The van der Waals surface area contributed by atoms with Crippen molar-refractivity contribution in [3.05, 3.63) is 60.7 Å². The Morgan fingerprint density at radius 3 is 1.06 bits per heavy atom. The van der Waals surface area contributed by atoms with Crippen LogP contribution in [0.4, 0.5) is 0 Å². The first-order valence-electron chi connectivity index (χ1n) is 4.85. The van der Waals surface area contributed by atoms with Crippen LogP contribution in [0.5, 0.6) is 0 Å². The molecule has 90 valence electrons. The molecule has 0 fully saturated rings. The molecule has 0 saturated carbocycles. The smallest absolute Gasteiger partial charge is 0.402 e. The van der Waals surface area contributed by atoms with Crippen LogP contribution < -0.4 is 0 Å². The maximum Gasteiger partial charge on any atom is 0.631 e. The highest BCUT2D eigenvalue weighted by Gasteiger charge is 1.93. The third-order valence-electron chi connectivity index (χ3n) is 1.88. The standard InChI is InChI=1S/C12H10.CH4.BH3O3/c1-3-7-11(8-4-1)12-9-5-2-6-10-12;;2-1(3)4/h1-10H;1H4;2-4H. The minimum Gasteiger partial charge on any atom is -0.402 e. The molecule has 0 aliphatic heterocycles. The summed E-state index contributed by atoms with van der Waals surface area (Å²) in [5.74, 6) is 0. The normalized spacial score (nSPS) is 8.41. The zero-order valence-corrected chi connectivity index (χ0v) is 8.69. The average Bonchev–Trinajstić information content (AvgIpc) is 2.31. The van der Waals surface area contributed by atoms with Gasteiger partial charge in [0.15, 0.2) is 0 Å². The Morgan fingerprint density at radius 2 is 0.824 bits per heavy atom. The van der Waals surface area contributed by atoms with Gasteiger partial charge in [0.05, 0.1) is 0 Å². The second-order valence-electron chi connectivity index (χ2n) is 3.08. The Morgan fingerprint density at radius 1 is 0.588 bits per heavy atom. The number of hydrogen-bond acceptors (Lipinski definition) is 3. The largest absolute Gasteiger partial charge is 0.631 e. The predicted molar refractivity (Wildman–Crippen MR) is 71.0 cm³/mol. The lowest BCUT2D eigenvalue weighted by atomic mass is 10.1. The molecule has 2 rings (SSSR count). The maximum atomic E-state index is 7.17. The SMILES string of the molecule is C.OB(O)O.c1ccc(-c2ccccc2)cc1. The summed E-state index contributed by atoms with van der Waals surface area (Å²) < 4.78 is 0. The molecule has 0 aromatic heterocycles. The van der Waals surface area contributed by atoms with E-state index in [9.17, 15) is 0 Å². The molecular formula is C13H17BO3. The van der Waals surface area contributed by atoms with Crippen molar-refractivity contribution in [2.24, 2.45) is 0 Å². The molecule has 0 atom stereocenters. The van der Waals surface area contributed by atoms with Gasteiger partial charge in [0, 0.05) is 0 Å². The Balaban J connectivity index is 0.000000453. The number of rotatable bonds is 1. The van der Waals surface area contributed by atoms with Crippen LogP contribution >= 0.6 is 0 Å². The van der Waals surface area contributed by atoms with Crippen LogP contribution in [-0.4, -0.2) is 22.4 Å². The first-order valence-corrected chi connectivity index (χ1v) is 4.85. The van der Waals surface area contributed by atoms with Crippen molar-refractivity contribution in [1.82, 2.24) is 0 Å². The van der Waals surface area contributed by atoms with Gasteiger partial charge in [-0.15, -0.1) is 0 Å². The fourth-order valence-corrected chi connectivity index (χ4v) is 1.26. The molecule has 0 radical (unpaired) electrons. The van der Waals surface area contributed by atoms with E-state index < -0.39 is 7.32 Å². The van der Waals surface area contributed by atoms with Gasteiger partial charge in [-0.2, -0.15) is 0 Å². The van der Waals surface area contributed by atoms with Gasteiger partial charge in [-0.3, -0.25) is 0 Å². The quantitative estimate of drug-likeness (QED) is 0.658. The zero-order chi connectivity index (χ0) is 11.8. The van der Waals surface area contributed by atoms with Crippen LogP contribution in [-0.2, 0) is 0 Å². The van der Waals surface area contributed by atoms with Gasteiger partial charge in [0.1, 0.15) is 0 Å². The Hall–Kier alpha value is -1.62. The fourth-order valence-electron chi connectivity index (χ4n) is 1.26. The lowest BCUT2D eigenvalue weighted by molar-refractivity contribution is 0.278. The van der Waals surface area contributed by atoms with Crippen molar-refractivity contribution >= 4 is 7.32 Å². The van der Waals surface area contributed by atoms with E-state index in [1.807, 2.05) is 12.1 Å². The summed E-state index contributed by atoms with van der Waals surface area (Å²) in [4.78, 5) is 0. The second-order valence-corrected chi connectivity index (χ2v) is 3.08. The van der Waals surface area contributed by atoms with Crippen molar-refractivity contribution in [2.75, 3.05) is 0 Å². The molecule has 17 heavy (non-hydrogen) atoms. The van der Waals surface area contributed by atoms with E-state index in [0.29, 0.717) is 0 Å².